The molecule has 0 aliphatic heterocycles. The SMILES string of the molecule is O=C(O)C(CO)NC1CCCCCC1.[H-].[Na+]. The summed E-state index contributed by atoms with van der Waals surface area (Å²) in [4.78, 5) is 10.7. The fourth-order valence-corrected chi connectivity index (χ4v) is 1.93. The van der Waals surface area contributed by atoms with Crippen LogP contribution in [0.15, 0.2) is 0 Å². The molecule has 3 N–H and O–H groups in total. The van der Waals surface area contributed by atoms with Gasteiger partial charge in [0.05, 0.1) is 6.61 Å². The van der Waals surface area contributed by atoms with Crippen molar-refractivity contribution >= 4 is 5.97 Å². The Hall–Kier alpha value is 0.390. The molecule has 0 aromatic rings. The van der Waals surface area contributed by atoms with Crippen LogP contribution in [0.1, 0.15) is 40.0 Å². The van der Waals surface area contributed by atoms with E-state index in [1.54, 1.807) is 0 Å². The van der Waals surface area contributed by atoms with E-state index in [-0.39, 0.29) is 43.6 Å². The number of nitrogens with one attached hydrogen (secondary N) is 1. The van der Waals surface area contributed by atoms with Crippen LogP contribution in [0.2, 0.25) is 0 Å². The van der Waals surface area contributed by atoms with Crippen LogP contribution in [0.25, 0.3) is 0 Å². The topological polar surface area (TPSA) is 69.6 Å². The van der Waals surface area contributed by atoms with E-state index in [0.717, 1.165) is 25.7 Å². The van der Waals surface area contributed by atoms with Gasteiger partial charge in [-0.1, -0.05) is 25.7 Å². The third-order valence-corrected chi connectivity index (χ3v) is 2.77. The summed E-state index contributed by atoms with van der Waals surface area (Å²) in [6.07, 6.45) is 6.88. The van der Waals surface area contributed by atoms with Crippen molar-refractivity contribution < 1.29 is 46.0 Å². The molecule has 84 valence electrons. The van der Waals surface area contributed by atoms with Crippen LogP contribution in [0.4, 0.5) is 0 Å². The molecule has 0 amide bonds. The van der Waals surface area contributed by atoms with E-state index in [2.05, 4.69) is 5.32 Å². The Morgan fingerprint density at radius 1 is 1.33 bits per heavy atom. The molecule has 0 radical (unpaired) electrons. The minimum absolute atomic E-state index is 0. The summed E-state index contributed by atoms with van der Waals surface area (Å²) >= 11 is 0. The van der Waals surface area contributed by atoms with Crippen LogP contribution in [0.5, 0.6) is 0 Å². The van der Waals surface area contributed by atoms with Crippen molar-refractivity contribution in [3.05, 3.63) is 0 Å². The summed E-state index contributed by atoms with van der Waals surface area (Å²) in [5.41, 5.74) is 0. The largest absolute Gasteiger partial charge is 1.00 e. The molecule has 1 unspecified atom stereocenters. The molecule has 1 aliphatic carbocycles. The van der Waals surface area contributed by atoms with Gasteiger partial charge in [0, 0.05) is 6.04 Å². The predicted molar refractivity (Wildman–Crippen MR) is 54.2 cm³/mol. The fourth-order valence-electron chi connectivity index (χ4n) is 1.93. The maximum Gasteiger partial charge on any atom is 1.00 e. The van der Waals surface area contributed by atoms with Gasteiger partial charge in [-0.25, -0.2) is 0 Å². The number of carboxylic acid groups (broad SMARTS) is 1. The first-order valence-corrected chi connectivity index (χ1v) is 5.33. The Bertz CT molecular complexity index is 187. The Morgan fingerprint density at radius 2 is 1.87 bits per heavy atom. The Balaban J connectivity index is 0. The molecular weight excluding hydrogens is 205 g/mol. The summed E-state index contributed by atoms with van der Waals surface area (Å²) in [7, 11) is 0. The van der Waals surface area contributed by atoms with E-state index >= 15 is 0 Å². The number of aliphatic hydroxyl groups is 1. The predicted octanol–water partition coefficient (Wildman–Crippen LogP) is -2.14. The average molecular weight is 225 g/mol. The molecule has 1 rings (SSSR count). The molecule has 5 heteroatoms. The zero-order valence-corrected chi connectivity index (χ0v) is 11.4. The molecule has 1 aliphatic rings. The summed E-state index contributed by atoms with van der Waals surface area (Å²) in [6.45, 7) is -0.328. The van der Waals surface area contributed by atoms with Crippen molar-refractivity contribution in [2.45, 2.75) is 50.6 Å². The number of aliphatic hydroxyl groups excluding tert-OH is 1. The number of hydrogen-bond acceptors (Lipinski definition) is 3. The third-order valence-electron chi connectivity index (χ3n) is 2.77. The second-order valence-electron chi connectivity index (χ2n) is 3.93. The van der Waals surface area contributed by atoms with Crippen LogP contribution < -0.4 is 34.9 Å². The number of hydrogen-bond donors (Lipinski definition) is 3. The maximum atomic E-state index is 10.7. The van der Waals surface area contributed by atoms with Crippen LogP contribution >= 0.6 is 0 Å². The minimum Gasteiger partial charge on any atom is -1.00 e. The normalized spacial score (nSPS) is 20.1. The second kappa shape index (κ2) is 8.53. The van der Waals surface area contributed by atoms with Gasteiger partial charge in [0.25, 0.3) is 0 Å². The Kier molecular flexibility index (Phi) is 8.75. The summed E-state index contributed by atoms with van der Waals surface area (Å²) in [5, 5.41) is 20.6. The van der Waals surface area contributed by atoms with Crippen molar-refractivity contribution in [2.24, 2.45) is 0 Å². The van der Waals surface area contributed by atoms with Gasteiger partial charge in [0.15, 0.2) is 0 Å². The van der Waals surface area contributed by atoms with Crippen LogP contribution in [0.3, 0.4) is 0 Å². The van der Waals surface area contributed by atoms with Crippen molar-refractivity contribution in [3.8, 4) is 0 Å². The van der Waals surface area contributed by atoms with E-state index < -0.39 is 12.0 Å². The van der Waals surface area contributed by atoms with E-state index in [9.17, 15) is 4.79 Å². The van der Waals surface area contributed by atoms with Gasteiger partial charge in [0.1, 0.15) is 6.04 Å². The molecule has 15 heavy (non-hydrogen) atoms. The molecule has 1 saturated carbocycles. The molecule has 0 aromatic carbocycles. The monoisotopic (exact) mass is 225 g/mol. The second-order valence-corrected chi connectivity index (χ2v) is 3.93. The first-order chi connectivity index (χ1) is 6.74. The van der Waals surface area contributed by atoms with Gasteiger partial charge < -0.3 is 11.6 Å². The van der Waals surface area contributed by atoms with Crippen LogP contribution in [-0.4, -0.2) is 34.9 Å². The first-order valence-electron chi connectivity index (χ1n) is 5.33. The van der Waals surface area contributed by atoms with Crippen molar-refractivity contribution in [3.63, 3.8) is 0 Å². The molecule has 1 atom stereocenters. The molecule has 0 bridgehead atoms. The van der Waals surface area contributed by atoms with Gasteiger partial charge in [-0.2, -0.15) is 0 Å². The van der Waals surface area contributed by atoms with Crippen LogP contribution in [-0.2, 0) is 4.79 Å². The van der Waals surface area contributed by atoms with Crippen molar-refractivity contribution in [1.29, 1.82) is 0 Å². The minimum atomic E-state index is -0.961. The van der Waals surface area contributed by atoms with Crippen molar-refractivity contribution in [1.82, 2.24) is 5.32 Å². The Morgan fingerprint density at radius 3 is 2.27 bits per heavy atom. The number of rotatable bonds is 4. The van der Waals surface area contributed by atoms with E-state index in [1.807, 2.05) is 0 Å². The standard InChI is InChI=1S/C10H19NO3.Na.H/c12-7-9(10(13)14)11-8-5-3-1-2-4-6-8;;/h8-9,11-12H,1-7H2,(H,13,14);;/q;+1;-1. The maximum absolute atomic E-state index is 10.7. The third kappa shape index (κ3) is 5.88. The van der Waals surface area contributed by atoms with Crippen molar-refractivity contribution in [2.75, 3.05) is 6.61 Å². The molecule has 4 nitrogen and oxygen atoms in total. The number of carboxylic acids is 1. The number of carbonyl (C=O) groups is 1. The van der Waals surface area contributed by atoms with Gasteiger partial charge in [0.2, 0.25) is 0 Å². The zero-order valence-electron chi connectivity index (χ0n) is 10.4. The molecule has 0 spiro atoms. The van der Waals surface area contributed by atoms with E-state index in [0.29, 0.717) is 0 Å². The Labute approximate surface area is 114 Å². The average Bonchev–Trinajstić information content (AvgIpc) is 2.41. The van der Waals surface area contributed by atoms with Crippen LogP contribution in [0, 0.1) is 0 Å². The smallest absolute Gasteiger partial charge is 1.00 e. The van der Waals surface area contributed by atoms with Gasteiger partial charge in [-0.3, -0.25) is 10.1 Å². The fraction of sp³-hybridized carbons (Fsp3) is 0.900. The molecule has 0 heterocycles. The van der Waals surface area contributed by atoms with Gasteiger partial charge in [-0.15, -0.1) is 0 Å². The summed E-state index contributed by atoms with van der Waals surface area (Å²) in [5.74, 6) is -0.961. The summed E-state index contributed by atoms with van der Waals surface area (Å²) < 4.78 is 0. The molecular formula is C10H20NNaO3. The van der Waals surface area contributed by atoms with Gasteiger partial charge in [-0.05, 0) is 12.8 Å². The zero-order chi connectivity index (χ0) is 10.4. The van der Waals surface area contributed by atoms with E-state index in [1.165, 1.54) is 12.8 Å². The molecule has 1 fully saturated rings. The quantitative estimate of drug-likeness (QED) is 0.377. The van der Waals surface area contributed by atoms with Gasteiger partial charge >= 0.3 is 35.5 Å². The number of aliphatic carboxylic acids is 1. The molecule has 0 aromatic heterocycles. The van der Waals surface area contributed by atoms with E-state index in [4.69, 9.17) is 10.2 Å². The summed E-state index contributed by atoms with van der Waals surface area (Å²) in [6, 6.07) is -0.524. The molecule has 0 saturated heterocycles. The first kappa shape index (κ1) is 15.4.